The van der Waals surface area contributed by atoms with E-state index < -0.39 is 46.8 Å². The van der Waals surface area contributed by atoms with Gasteiger partial charge in [0.15, 0.2) is 5.78 Å². The van der Waals surface area contributed by atoms with Crippen LogP contribution in [0.1, 0.15) is 46.9 Å². The van der Waals surface area contributed by atoms with Crippen LogP contribution in [0.3, 0.4) is 0 Å². The molecule has 1 heterocycles. The highest BCUT2D eigenvalue weighted by Crippen LogP contribution is 2.41. The fourth-order valence-corrected chi connectivity index (χ4v) is 4.85. The minimum Gasteiger partial charge on any atom is -0.292 e. The summed E-state index contributed by atoms with van der Waals surface area (Å²) < 4.78 is 0.769. The van der Waals surface area contributed by atoms with Crippen LogP contribution in [-0.4, -0.2) is 45.0 Å². The molecular formula is C24H22BrN3O6. The van der Waals surface area contributed by atoms with Gasteiger partial charge in [-0.1, -0.05) is 35.0 Å². The Hall–Kier alpha value is -3.40. The molecule has 0 radical (unpaired) electrons. The molecule has 9 nitrogen and oxygen atoms in total. The average molecular weight is 528 g/mol. The number of nitro groups is 1. The van der Waals surface area contributed by atoms with E-state index in [0.29, 0.717) is 18.4 Å². The van der Waals surface area contributed by atoms with E-state index in [2.05, 4.69) is 15.9 Å². The number of amides is 3. The standard InChI is InChI=1S/C24H22BrN3O6/c1-14-2-11-19-20(12-14)24(32)27(23(19)31)26(13-21(29)15-3-7-17(25)8-4-15)22(30)16-5-9-18(10-6-16)28(33)34/h3-10,14,19-20H,2,11-13H2,1H3/t14-,19-,20-/m1/s1. The highest BCUT2D eigenvalue weighted by atomic mass is 79.9. The Morgan fingerprint density at radius 3 is 2.21 bits per heavy atom. The molecule has 2 aromatic rings. The van der Waals surface area contributed by atoms with E-state index in [4.69, 9.17) is 0 Å². The minimum absolute atomic E-state index is 0.0260. The summed E-state index contributed by atoms with van der Waals surface area (Å²) in [7, 11) is 0. The molecule has 176 valence electrons. The molecule has 1 saturated carbocycles. The molecule has 0 bridgehead atoms. The summed E-state index contributed by atoms with van der Waals surface area (Å²) in [6.45, 7) is 1.50. The number of benzene rings is 2. The number of imide groups is 1. The molecule has 1 aliphatic heterocycles. The number of Topliss-reactive ketones (excluding diaryl/α,β-unsaturated/α-hetero) is 1. The zero-order chi connectivity index (χ0) is 24.6. The van der Waals surface area contributed by atoms with Crippen molar-refractivity contribution in [2.45, 2.75) is 26.2 Å². The van der Waals surface area contributed by atoms with Crippen molar-refractivity contribution in [2.75, 3.05) is 6.54 Å². The minimum atomic E-state index is -0.756. The van der Waals surface area contributed by atoms with Crippen molar-refractivity contribution < 1.29 is 24.1 Å². The molecule has 34 heavy (non-hydrogen) atoms. The summed E-state index contributed by atoms with van der Waals surface area (Å²) in [5, 5.41) is 12.7. The number of hydrogen-bond donors (Lipinski definition) is 0. The van der Waals surface area contributed by atoms with Gasteiger partial charge in [-0.2, -0.15) is 5.01 Å². The van der Waals surface area contributed by atoms with Crippen LogP contribution >= 0.6 is 15.9 Å². The first kappa shape index (κ1) is 23.7. The summed E-state index contributed by atoms with van der Waals surface area (Å²) in [6.07, 6.45) is 1.90. The Labute approximate surface area is 204 Å². The Kier molecular flexibility index (Phi) is 6.60. The van der Waals surface area contributed by atoms with Gasteiger partial charge in [-0.05, 0) is 49.4 Å². The van der Waals surface area contributed by atoms with Crippen LogP contribution in [0.4, 0.5) is 5.69 Å². The van der Waals surface area contributed by atoms with Crippen molar-refractivity contribution in [1.29, 1.82) is 0 Å². The number of carbonyl (C=O) groups is 4. The monoisotopic (exact) mass is 527 g/mol. The number of rotatable bonds is 6. The molecule has 1 saturated heterocycles. The second-order valence-electron chi connectivity index (χ2n) is 8.72. The van der Waals surface area contributed by atoms with E-state index in [1.54, 1.807) is 24.3 Å². The lowest BCUT2D eigenvalue weighted by Gasteiger charge is -2.30. The van der Waals surface area contributed by atoms with Gasteiger partial charge in [-0.25, -0.2) is 5.01 Å². The summed E-state index contributed by atoms with van der Waals surface area (Å²) in [5.41, 5.74) is 0.134. The molecule has 10 heteroatoms. The third-order valence-electron chi connectivity index (χ3n) is 6.42. The van der Waals surface area contributed by atoms with Crippen LogP contribution in [0.15, 0.2) is 53.0 Å². The maximum atomic E-state index is 13.4. The lowest BCUT2D eigenvalue weighted by molar-refractivity contribution is -0.384. The summed E-state index contributed by atoms with van der Waals surface area (Å²) >= 11 is 3.30. The smallest absolute Gasteiger partial charge is 0.273 e. The zero-order valence-corrected chi connectivity index (χ0v) is 19.9. The molecule has 2 fully saturated rings. The van der Waals surface area contributed by atoms with Crippen molar-refractivity contribution >= 4 is 45.1 Å². The van der Waals surface area contributed by atoms with Crippen molar-refractivity contribution in [3.63, 3.8) is 0 Å². The van der Waals surface area contributed by atoms with E-state index in [-0.39, 0.29) is 17.2 Å². The number of halogens is 1. The first-order valence-corrected chi connectivity index (χ1v) is 11.7. The number of hydrogen-bond acceptors (Lipinski definition) is 6. The first-order chi connectivity index (χ1) is 16.2. The number of fused-ring (bicyclic) bond motifs is 1. The van der Waals surface area contributed by atoms with Gasteiger partial charge in [0.25, 0.3) is 23.4 Å². The van der Waals surface area contributed by atoms with Gasteiger partial charge >= 0.3 is 0 Å². The third kappa shape index (κ3) is 4.50. The largest absolute Gasteiger partial charge is 0.292 e. The first-order valence-electron chi connectivity index (χ1n) is 10.9. The molecule has 1 aliphatic carbocycles. The molecular weight excluding hydrogens is 506 g/mol. The maximum Gasteiger partial charge on any atom is 0.273 e. The average Bonchev–Trinajstić information content (AvgIpc) is 3.06. The Morgan fingerprint density at radius 2 is 1.59 bits per heavy atom. The van der Waals surface area contributed by atoms with Gasteiger partial charge in [0, 0.05) is 27.7 Å². The normalized spacial score (nSPS) is 21.8. The Balaban J connectivity index is 1.68. The molecule has 0 N–H and O–H groups in total. The van der Waals surface area contributed by atoms with Crippen molar-refractivity contribution in [1.82, 2.24) is 10.0 Å². The van der Waals surface area contributed by atoms with Crippen LogP contribution in [0.5, 0.6) is 0 Å². The van der Waals surface area contributed by atoms with E-state index in [1.807, 2.05) is 6.92 Å². The maximum absolute atomic E-state index is 13.4. The van der Waals surface area contributed by atoms with E-state index in [9.17, 15) is 29.3 Å². The molecule has 2 aliphatic rings. The highest BCUT2D eigenvalue weighted by molar-refractivity contribution is 9.10. The fraction of sp³-hybridized carbons (Fsp3) is 0.333. The van der Waals surface area contributed by atoms with Crippen LogP contribution < -0.4 is 0 Å². The summed E-state index contributed by atoms with van der Waals surface area (Å²) in [4.78, 5) is 63.4. The topological polar surface area (TPSA) is 118 Å². The highest BCUT2D eigenvalue weighted by Gasteiger charge is 2.52. The number of nitrogens with zero attached hydrogens (tertiary/aromatic N) is 3. The van der Waals surface area contributed by atoms with Crippen LogP contribution in [0, 0.1) is 27.9 Å². The van der Waals surface area contributed by atoms with Crippen molar-refractivity contribution in [3.8, 4) is 0 Å². The lowest BCUT2D eigenvalue weighted by atomic mass is 9.76. The predicted molar refractivity (Wildman–Crippen MR) is 124 cm³/mol. The van der Waals surface area contributed by atoms with Crippen LogP contribution in [0.2, 0.25) is 0 Å². The van der Waals surface area contributed by atoms with Crippen LogP contribution in [0.25, 0.3) is 0 Å². The SMILES string of the molecule is C[C@@H]1CC[C@H]2C(=O)N(N(CC(=O)c3ccc(Br)cc3)C(=O)c3ccc([N+](=O)[O-])cc3)C(=O)[C@@H]2C1. The van der Waals surface area contributed by atoms with Gasteiger partial charge in [-0.3, -0.25) is 29.3 Å². The number of hydrazine groups is 1. The van der Waals surface area contributed by atoms with Gasteiger partial charge in [0.2, 0.25) is 0 Å². The number of nitro benzene ring substituents is 1. The number of non-ortho nitro benzene ring substituents is 1. The van der Waals surface area contributed by atoms with Gasteiger partial charge in [0.1, 0.15) is 6.54 Å². The Bertz CT molecular complexity index is 1160. The van der Waals surface area contributed by atoms with Gasteiger partial charge in [-0.15, -0.1) is 0 Å². The second-order valence-corrected chi connectivity index (χ2v) is 9.63. The predicted octanol–water partition coefficient (Wildman–Crippen LogP) is 4.02. The lowest BCUT2D eigenvalue weighted by Crippen LogP contribution is -2.52. The van der Waals surface area contributed by atoms with Gasteiger partial charge < -0.3 is 0 Å². The van der Waals surface area contributed by atoms with Crippen molar-refractivity contribution in [3.05, 3.63) is 74.2 Å². The summed E-state index contributed by atoms with van der Waals surface area (Å²) in [5.74, 6) is -2.94. The Morgan fingerprint density at radius 1 is 1.00 bits per heavy atom. The van der Waals surface area contributed by atoms with Crippen LogP contribution in [-0.2, 0) is 9.59 Å². The quantitative estimate of drug-likeness (QED) is 0.242. The number of ketones is 1. The molecule has 3 atom stereocenters. The molecule has 0 aromatic heterocycles. The van der Waals surface area contributed by atoms with E-state index in [1.165, 1.54) is 12.1 Å². The van der Waals surface area contributed by atoms with E-state index in [0.717, 1.165) is 33.0 Å². The third-order valence-corrected chi connectivity index (χ3v) is 6.95. The molecule has 2 aromatic carbocycles. The van der Waals surface area contributed by atoms with Crippen molar-refractivity contribution in [2.24, 2.45) is 17.8 Å². The zero-order valence-electron chi connectivity index (χ0n) is 18.3. The second kappa shape index (κ2) is 9.46. The fourth-order valence-electron chi connectivity index (χ4n) is 4.58. The van der Waals surface area contributed by atoms with E-state index >= 15 is 0 Å². The van der Waals surface area contributed by atoms with Gasteiger partial charge in [0.05, 0.1) is 16.8 Å². The summed E-state index contributed by atoms with van der Waals surface area (Å²) in [6, 6.07) is 11.3. The molecule has 4 rings (SSSR count). The molecule has 0 spiro atoms. The molecule has 3 amide bonds. The molecule has 0 unspecified atom stereocenters. The number of carbonyl (C=O) groups excluding carboxylic acids is 4.